The van der Waals surface area contributed by atoms with Gasteiger partial charge >= 0.3 is 0 Å². The molecule has 1 aliphatic carbocycles. The molecule has 3 fully saturated rings. The highest BCUT2D eigenvalue weighted by Crippen LogP contribution is 2.29. The molecule has 3 aliphatic rings. The second kappa shape index (κ2) is 8.51. The van der Waals surface area contributed by atoms with Crippen molar-refractivity contribution in [2.75, 3.05) is 26.3 Å². The van der Waals surface area contributed by atoms with Crippen LogP contribution in [0.1, 0.15) is 43.2 Å². The number of amides is 1. The first kappa shape index (κ1) is 18.0. The van der Waals surface area contributed by atoms with Gasteiger partial charge in [-0.2, -0.15) is 0 Å². The van der Waals surface area contributed by atoms with E-state index < -0.39 is 0 Å². The molecule has 2 saturated heterocycles. The smallest absolute Gasteiger partial charge is 0.222 e. The molecule has 142 valence electrons. The molecule has 0 aromatic heterocycles. The molecule has 4 rings (SSSR count). The largest absolute Gasteiger partial charge is 0.379 e. The van der Waals surface area contributed by atoms with Crippen LogP contribution in [0.5, 0.6) is 0 Å². The van der Waals surface area contributed by atoms with E-state index in [0.29, 0.717) is 30.3 Å². The summed E-state index contributed by atoms with van der Waals surface area (Å²) < 4.78 is 5.66. The maximum absolute atomic E-state index is 11.8. The van der Waals surface area contributed by atoms with Crippen LogP contribution < -0.4 is 10.6 Å². The Kier molecular flexibility index (Phi) is 5.88. The van der Waals surface area contributed by atoms with E-state index >= 15 is 0 Å². The normalized spacial score (nSPS) is 29.5. The summed E-state index contributed by atoms with van der Waals surface area (Å²) in [4.78, 5) is 13.7. The van der Waals surface area contributed by atoms with Crippen molar-refractivity contribution >= 4 is 5.91 Å². The van der Waals surface area contributed by atoms with Gasteiger partial charge in [0.25, 0.3) is 0 Å². The van der Waals surface area contributed by atoms with Crippen LogP contribution in [-0.2, 0) is 22.6 Å². The van der Waals surface area contributed by atoms with Crippen LogP contribution in [0.25, 0.3) is 0 Å². The van der Waals surface area contributed by atoms with Crippen LogP contribution in [0, 0.1) is 5.92 Å². The van der Waals surface area contributed by atoms with Gasteiger partial charge in [0.05, 0.1) is 13.2 Å². The van der Waals surface area contributed by atoms with Gasteiger partial charge in [0, 0.05) is 44.7 Å². The Morgan fingerprint density at radius 2 is 2.00 bits per heavy atom. The summed E-state index contributed by atoms with van der Waals surface area (Å²) in [5.41, 5.74) is 2.55. The minimum absolute atomic E-state index is 0.295. The van der Waals surface area contributed by atoms with E-state index in [1.54, 1.807) is 0 Å². The summed E-state index contributed by atoms with van der Waals surface area (Å²) >= 11 is 0. The minimum Gasteiger partial charge on any atom is -0.379 e. The first-order valence-electron chi connectivity index (χ1n) is 10.2. The molecule has 1 aromatic carbocycles. The van der Waals surface area contributed by atoms with Gasteiger partial charge in [0.15, 0.2) is 0 Å². The number of benzene rings is 1. The fraction of sp³-hybridized carbons (Fsp3) is 0.667. The zero-order valence-corrected chi connectivity index (χ0v) is 15.6. The minimum atomic E-state index is 0.295. The van der Waals surface area contributed by atoms with Crippen molar-refractivity contribution in [2.24, 2.45) is 5.92 Å². The van der Waals surface area contributed by atoms with Crippen LogP contribution >= 0.6 is 0 Å². The number of hydrogen-bond donors (Lipinski definition) is 2. The molecule has 0 bridgehead atoms. The summed E-state index contributed by atoms with van der Waals surface area (Å²) in [7, 11) is 0. The number of nitrogens with zero attached hydrogens (tertiary/aromatic N) is 1. The Balaban J connectivity index is 1.28. The third-order valence-electron chi connectivity index (χ3n) is 6.17. The molecule has 1 saturated carbocycles. The predicted molar refractivity (Wildman–Crippen MR) is 102 cm³/mol. The second-order valence-electron chi connectivity index (χ2n) is 7.95. The lowest BCUT2D eigenvalue weighted by molar-refractivity contribution is -0.128. The van der Waals surface area contributed by atoms with E-state index in [1.165, 1.54) is 30.4 Å². The van der Waals surface area contributed by atoms with Crippen molar-refractivity contribution < 1.29 is 9.53 Å². The van der Waals surface area contributed by atoms with E-state index in [0.717, 1.165) is 45.8 Å². The van der Waals surface area contributed by atoms with Gasteiger partial charge in [-0.1, -0.05) is 30.7 Å². The molecule has 0 radical (unpaired) electrons. The van der Waals surface area contributed by atoms with Gasteiger partial charge in [0.2, 0.25) is 5.91 Å². The van der Waals surface area contributed by atoms with Gasteiger partial charge in [-0.15, -0.1) is 0 Å². The number of ether oxygens (including phenoxy) is 1. The summed E-state index contributed by atoms with van der Waals surface area (Å²) in [6.45, 7) is 5.25. The summed E-state index contributed by atoms with van der Waals surface area (Å²) in [5, 5.41) is 7.42. The molecule has 3 unspecified atom stereocenters. The Morgan fingerprint density at radius 3 is 2.73 bits per heavy atom. The number of carbonyl (C=O) groups excluding carboxylic acids is 1. The fourth-order valence-corrected chi connectivity index (χ4v) is 4.69. The number of nitrogens with one attached hydrogen (secondary N) is 2. The molecule has 5 nitrogen and oxygen atoms in total. The third-order valence-corrected chi connectivity index (χ3v) is 6.17. The molecule has 3 atom stereocenters. The summed E-state index contributed by atoms with van der Waals surface area (Å²) in [5.74, 6) is 0.971. The second-order valence-corrected chi connectivity index (χ2v) is 7.95. The molecule has 1 aromatic rings. The molecule has 1 amide bonds. The fourth-order valence-electron chi connectivity index (χ4n) is 4.69. The molecule has 26 heavy (non-hydrogen) atoms. The lowest BCUT2D eigenvalue weighted by Gasteiger charge is -2.33. The van der Waals surface area contributed by atoms with Crippen LogP contribution in [0.3, 0.4) is 0 Å². The average Bonchev–Trinajstić information content (AvgIpc) is 3.31. The quantitative estimate of drug-likeness (QED) is 0.818. The van der Waals surface area contributed by atoms with E-state index in [1.807, 2.05) is 4.90 Å². The van der Waals surface area contributed by atoms with E-state index in [2.05, 4.69) is 34.9 Å². The Hall–Kier alpha value is -1.43. The molecule has 0 spiro atoms. The Labute approximate surface area is 156 Å². The molecular formula is C21H31N3O2. The lowest BCUT2D eigenvalue weighted by atomic mass is 9.94. The van der Waals surface area contributed by atoms with Gasteiger partial charge in [-0.3, -0.25) is 4.79 Å². The molecule has 2 aliphatic heterocycles. The van der Waals surface area contributed by atoms with Crippen LogP contribution in [0.4, 0.5) is 0 Å². The van der Waals surface area contributed by atoms with Crippen LogP contribution in [0.2, 0.25) is 0 Å². The number of morpholine rings is 1. The van der Waals surface area contributed by atoms with E-state index in [-0.39, 0.29) is 0 Å². The van der Waals surface area contributed by atoms with Crippen molar-refractivity contribution in [3.8, 4) is 0 Å². The van der Waals surface area contributed by atoms with Gasteiger partial charge in [-0.25, -0.2) is 0 Å². The average molecular weight is 357 g/mol. The highest BCUT2D eigenvalue weighted by atomic mass is 16.5. The number of carbonyl (C=O) groups is 1. The van der Waals surface area contributed by atoms with Crippen LogP contribution in [-0.4, -0.2) is 49.2 Å². The van der Waals surface area contributed by atoms with Crippen molar-refractivity contribution in [1.82, 2.24) is 15.5 Å². The predicted octanol–water partition coefficient (Wildman–Crippen LogP) is 2.06. The van der Waals surface area contributed by atoms with Gasteiger partial charge in [0.1, 0.15) is 0 Å². The topological polar surface area (TPSA) is 53.6 Å². The zero-order chi connectivity index (χ0) is 17.8. The number of rotatable bonds is 6. The van der Waals surface area contributed by atoms with Crippen molar-refractivity contribution in [3.63, 3.8) is 0 Å². The first-order valence-corrected chi connectivity index (χ1v) is 10.2. The molecule has 2 heterocycles. The number of likely N-dealkylation sites (tertiary alicyclic amines) is 1. The maximum Gasteiger partial charge on any atom is 0.222 e. The lowest BCUT2D eigenvalue weighted by Crippen LogP contribution is -2.50. The summed E-state index contributed by atoms with van der Waals surface area (Å²) in [6.07, 6.45) is 5.58. The molecule has 2 N–H and O–H groups in total. The Morgan fingerprint density at radius 1 is 1.15 bits per heavy atom. The molecule has 5 heteroatoms. The van der Waals surface area contributed by atoms with Gasteiger partial charge < -0.3 is 20.3 Å². The Bertz CT molecular complexity index is 598. The maximum atomic E-state index is 11.8. The van der Waals surface area contributed by atoms with Crippen molar-refractivity contribution in [3.05, 3.63) is 35.4 Å². The first-order chi connectivity index (χ1) is 12.8. The van der Waals surface area contributed by atoms with E-state index in [9.17, 15) is 4.79 Å². The molecular weight excluding hydrogens is 326 g/mol. The monoisotopic (exact) mass is 357 g/mol. The van der Waals surface area contributed by atoms with Gasteiger partial charge in [-0.05, 0) is 36.3 Å². The number of hydrogen-bond acceptors (Lipinski definition) is 4. The zero-order valence-electron chi connectivity index (χ0n) is 15.6. The van der Waals surface area contributed by atoms with Crippen molar-refractivity contribution in [2.45, 2.75) is 57.3 Å². The van der Waals surface area contributed by atoms with Crippen molar-refractivity contribution in [1.29, 1.82) is 0 Å². The van der Waals surface area contributed by atoms with E-state index in [4.69, 9.17) is 4.74 Å². The summed E-state index contributed by atoms with van der Waals surface area (Å²) in [6, 6.07) is 9.83. The highest BCUT2D eigenvalue weighted by Gasteiger charge is 2.34. The highest BCUT2D eigenvalue weighted by molar-refractivity contribution is 5.78. The third kappa shape index (κ3) is 4.27. The van der Waals surface area contributed by atoms with Crippen LogP contribution in [0.15, 0.2) is 24.3 Å². The standard InChI is InChI=1S/C21H31N3O2/c25-21-5-2-11-24(21)14-17-8-6-16(7-9-17)13-23-19-4-1-3-18(19)20-15-26-12-10-22-20/h6-9,18-20,22-23H,1-5,10-15H2. The SMILES string of the molecule is O=C1CCCN1Cc1ccc(CNC2CCCC2C2COCCN2)cc1.